The minimum Gasteiger partial charge on any atom is -0.481 e. The van der Waals surface area contributed by atoms with Crippen LogP contribution < -0.4 is 0 Å². The van der Waals surface area contributed by atoms with E-state index in [4.69, 9.17) is 5.11 Å². The van der Waals surface area contributed by atoms with Gasteiger partial charge in [-0.2, -0.15) is 0 Å². The maximum absolute atomic E-state index is 14.1. The molecule has 1 saturated carbocycles. The van der Waals surface area contributed by atoms with Gasteiger partial charge < -0.3 is 5.11 Å². The zero-order chi connectivity index (χ0) is 12.7. The molecule has 1 aliphatic carbocycles. The molecule has 0 radical (unpaired) electrons. The van der Waals surface area contributed by atoms with Crippen LogP contribution in [-0.2, 0) is 15.5 Å². The van der Waals surface area contributed by atoms with Gasteiger partial charge in [-0.05, 0) is 0 Å². The molecule has 1 aromatic rings. The van der Waals surface area contributed by atoms with Gasteiger partial charge in [-0.15, -0.1) is 0 Å². The first kappa shape index (κ1) is 11.7. The molecule has 0 spiro atoms. The van der Waals surface area contributed by atoms with Crippen LogP contribution in [0.5, 0.6) is 0 Å². The van der Waals surface area contributed by atoms with Crippen LogP contribution in [0.2, 0.25) is 0 Å². The largest absolute Gasteiger partial charge is 0.481 e. The Bertz CT molecular complexity index is 460. The van der Waals surface area contributed by atoms with Crippen LogP contribution >= 0.6 is 0 Å². The summed E-state index contributed by atoms with van der Waals surface area (Å²) in [6.45, 7) is 0. The normalized spacial score (nSPS) is 18.6. The van der Waals surface area contributed by atoms with E-state index in [2.05, 4.69) is 0 Å². The fourth-order valence-electron chi connectivity index (χ4n) is 2.05. The van der Waals surface area contributed by atoms with Gasteiger partial charge in [0.05, 0.1) is 0 Å². The topological polar surface area (TPSA) is 54.4 Å². The first-order valence-electron chi connectivity index (χ1n) is 5.08. The number of carbonyl (C=O) groups excluding carboxylic acids is 1. The highest BCUT2D eigenvalue weighted by molar-refractivity contribution is 5.98. The van der Waals surface area contributed by atoms with Crippen molar-refractivity contribution in [3.05, 3.63) is 35.9 Å². The van der Waals surface area contributed by atoms with Crippen molar-refractivity contribution in [1.29, 1.82) is 0 Å². The summed E-state index contributed by atoms with van der Waals surface area (Å²) >= 11 is 0. The van der Waals surface area contributed by atoms with Crippen LogP contribution in [0.4, 0.5) is 8.78 Å². The Kier molecular flexibility index (Phi) is 2.49. The van der Waals surface area contributed by atoms with Crippen molar-refractivity contribution in [3.8, 4) is 0 Å². The van der Waals surface area contributed by atoms with Gasteiger partial charge in [-0.25, -0.2) is 8.78 Å². The molecule has 1 aromatic carbocycles. The van der Waals surface area contributed by atoms with E-state index in [9.17, 15) is 18.4 Å². The van der Waals surface area contributed by atoms with Gasteiger partial charge in [-0.1, -0.05) is 30.3 Å². The molecule has 5 heteroatoms. The van der Waals surface area contributed by atoms with Crippen LogP contribution in [0.25, 0.3) is 0 Å². The lowest BCUT2D eigenvalue weighted by molar-refractivity contribution is -0.201. The number of carboxylic acid groups (broad SMARTS) is 1. The lowest BCUT2D eigenvalue weighted by Gasteiger charge is -2.42. The van der Waals surface area contributed by atoms with Crippen molar-refractivity contribution < 1.29 is 23.5 Å². The Hall–Kier alpha value is -1.78. The summed E-state index contributed by atoms with van der Waals surface area (Å²) in [5, 5.41) is 8.97. The van der Waals surface area contributed by atoms with E-state index in [0.29, 0.717) is 0 Å². The number of halogens is 2. The Morgan fingerprint density at radius 1 is 1.24 bits per heavy atom. The summed E-state index contributed by atoms with van der Waals surface area (Å²) < 4.78 is 28.3. The van der Waals surface area contributed by atoms with Gasteiger partial charge in [0.25, 0.3) is 5.92 Å². The third-order valence-corrected chi connectivity index (χ3v) is 3.14. The highest BCUT2D eigenvalue weighted by Crippen LogP contribution is 2.55. The van der Waals surface area contributed by atoms with Crippen LogP contribution in [0.3, 0.4) is 0 Å². The Morgan fingerprint density at radius 3 is 2.18 bits per heavy atom. The van der Waals surface area contributed by atoms with Crippen LogP contribution in [0.1, 0.15) is 18.4 Å². The highest BCUT2D eigenvalue weighted by Gasteiger charge is 2.66. The third-order valence-electron chi connectivity index (χ3n) is 3.14. The summed E-state index contributed by atoms with van der Waals surface area (Å²) in [6, 6.07) is 6.75. The molecule has 1 fully saturated rings. The van der Waals surface area contributed by atoms with Gasteiger partial charge in [-0.3, -0.25) is 9.59 Å². The molecule has 0 amide bonds. The fraction of sp³-hybridized carbons (Fsp3) is 0.333. The molecule has 1 N–H and O–H groups in total. The number of rotatable bonds is 3. The van der Waals surface area contributed by atoms with Crippen molar-refractivity contribution in [2.45, 2.75) is 18.8 Å². The first-order valence-corrected chi connectivity index (χ1v) is 5.08. The smallest absolute Gasteiger partial charge is 0.317 e. The molecule has 0 heterocycles. The minimum atomic E-state index is -3.53. The Morgan fingerprint density at radius 2 is 1.76 bits per heavy atom. The zero-order valence-electron chi connectivity index (χ0n) is 8.82. The molecular formula is C12H10F2O3. The second-order valence-electron chi connectivity index (χ2n) is 4.22. The average Bonchev–Trinajstić information content (AvgIpc) is 2.25. The van der Waals surface area contributed by atoms with Gasteiger partial charge in [0.2, 0.25) is 0 Å². The van der Waals surface area contributed by atoms with Gasteiger partial charge in [0.15, 0.2) is 0 Å². The van der Waals surface area contributed by atoms with E-state index < -0.39 is 35.9 Å². The quantitative estimate of drug-likeness (QED) is 0.881. The van der Waals surface area contributed by atoms with E-state index in [1.165, 1.54) is 24.3 Å². The third kappa shape index (κ3) is 1.53. The van der Waals surface area contributed by atoms with Gasteiger partial charge in [0, 0.05) is 18.4 Å². The molecule has 0 unspecified atom stereocenters. The van der Waals surface area contributed by atoms with Crippen molar-refractivity contribution >= 4 is 11.8 Å². The second kappa shape index (κ2) is 3.61. The van der Waals surface area contributed by atoms with Gasteiger partial charge >= 0.3 is 5.97 Å². The van der Waals surface area contributed by atoms with E-state index in [1.807, 2.05) is 0 Å². The first-order chi connectivity index (χ1) is 7.90. The standard InChI is InChI=1S/C12H10F2O3/c13-12(14,8-4-2-1-3-5-8)11(10(16)17)6-9(15)7-11/h1-5H,6-7H2,(H,16,17). The summed E-state index contributed by atoms with van der Waals surface area (Å²) in [7, 11) is 0. The van der Waals surface area contributed by atoms with E-state index in [1.54, 1.807) is 6.07 Å². The minimum absolute atomic E-state index is 0.366. The lowest BCUT2D eigenvalue weighted by atomic mass is 9.62. The zero-order valence-corrected chi connectivity index (χ0v) is 8.82. The molecule has 0 saturated heterocycles. The van der Waals surface area contributed by atoms with E-state index >= 15 is 0 Å². The Labute approximate surface area is 96.1 Å². The predicted molar refractivity (Wildman–Crippen MR) is 54.6 cm³/mol. The van der Waals surface area contributed by atoms with Crippen molar-refractivity contribution in [1.82, 2.24) is 0 Å². The monoisotopic (exact) mass is 240 g/mol. The number of benzene rings is 1. The van der Waals surface area contributed by atoms with Crippen molar-refractivity contribution in [3.63, 3.8) is 0 Å². The van der Waals surface area contributed by atoms with Gasteiger partial charge in [0.1, 0.15) is 11.2 Å². The number of alkyl halides is 2. The average molecular weight is 240 g/mol. The van der Waals surface area contributed by atoms with Crippen LogP contribution in [-0.4, -0.2) is 16.9 Å². The van der Waals surface area contributed by atoms with E-state index in [0.717, 1.165) is 0 Å². The number of hydrogen-bond acceptors (Lipinski definition) is 2. The second-order valence-corrected chi connectivity index (χ2v) is 4.22. The SMILES string of the molecule is O=C1CC(C(=O)O)(C(F)(F)c2ccccc2)C1. The predicted octanol–water partition coefficient (Wildman–Crippen LogP) is 2.21. The molecule has 17 heavy (non-hydrogen) atoms. The Balaban J connectivity index is 2.44. The van der Waals surface area contributed by atoms with E-state index in [-0.39, 0.29) is 5.56 Å². The summed E-state index contributed by atoms with van der Waals surface area (Å²) in [4.78, 5) is 21.9. The molecule has 3 nitrogen and oxygen atoms in total. The van der Waals surface area contributed by atoms with Crippen LogP contribution in [0.15, 0.2) is 30.3 Å². The summed E-state index contributed by atoms with van der Waals surface area (Å²) in [6.07, 6.45) is -1.21. The summed E-state index contributed by atoms with van der Waals surface area (Å²) in [5.74, 6) is -5.59. The molecule has 0 aliphatic heterocycles. The molecular weight excluding hydrogens is 230 g/mol. The number of carbonyl (C=O) groups is 2. The number of carboxylic acids is 1. The molecule has 0 bridgehead atoms. The number of ketones is 1. The summed E-state index contributed by atoms with van der Waals surface area (Å²) in [5.41, 5.74) is -2.64. The molecule has 90 valence electrons. The van der Waals surface area contributed by atoms with Crippen molar-refractivity contribution in [2.75, 3.05) is 0 Å². The fourth-order valence-corrected chi connectivity index (χ4v) is 2.05. The lowest BCUT2D eigenvalue weighted by Crippen LogP contribution is -2.55. The van der Waals surface area contributed by atoms with Crippen molar-refractivity contribution in [2.24, 2.45) is 5.41 Å². The molecule has 0 atom stereocenters. The molecule has 0 aromatic heterocycles. The number of hydrogen-bond donors (Lipinski definition) is 1. The molecule has 1 aliphatic rings. The maximum Gasteiger partial charge on any atom is 0.317 e. The number of Topliss-reactive ketones (excluding diaryl/α,β-unsaturated/α-hetero) is 1. The maximum atomic E-state index is 14.1. The van der Waals surface area contributed by atoms with Crippen LogP contribution in [0, 0.1) is 5.41 Å². The highest BCUT2D eigenvalue weighted by atomic mass is 19.3. The molecule has 2 rings (SSSR count). The number of aliphatic carboxylic acids is 1.